The van der Waals surface area contributed by atoms with E-state index in [1.807, 2.05) is 72.8 Å². The van der Waals surface area contributed by atoms with Crippen LogP contribution in [-0.4, -0.2) is 16.2 Å². The molecule has 0 atom stereocenters. The number of hydrogen-bond donors (Lipinski definition) is 1. The minimum absolute atomic E-state index is 0.330. The van der Waals surface area contributed by atoms with Crippen molar-refractivity contribution >= 4 is 23.1 Å². The highest BCUT2D eigenvalue weighted by Crippen LogP contribution is 2.31. The van der Waals surface area contributed by atoms with Gasteiger partial charge in [0.15, 0.2) is 11.5 Å². The Morgan fingerprint density at radius 2 is 1.55 bits per heavy atom. The summed E-state index contributed by atoms with van der Waals surface area (Å²) in [6.07, 6.45) is 3.34. The van der Waals surface area contributed by atoms with E-state index in [2.05, 4.69) is 20.5 Å². The molecule has 0 aliphatic heterocycles. The highest BCUT2D eigenvalue weighted by atomic mass is 19.1. The number of hydrogen-bond acceptors (Lipinski definition) is 5. The molecule has 2 aromatic heterocycles. The van der Waals surface area contributed by atoms with Crippen LogP contribution in [0, 0.1) is 5.82 Å². The van der Waals surface area contributed by atoms with Gasteiger partial charge in [0.05, 0.1) is 6.21 Å². The summed E-state index contributed by atoms with van der Waals surface area (Å²) >= 11 is 0. The second kappa shape index (κ2) is 9.28. The fraction of sp³-hybridized carbons (Fsp3) is 0. The van der Waals surface area contributed by atoms with Gasteiger partial charge < -0.3 is 4.74 Å². The van der Waals surface area contributed by atoms with Gasteiger partial charge in [-0.05, 0) is 66.2 Å². The summed E-state index contributed by atoms with van der Waals surface area (Å²) in [5, 5.41) is 5.14. The number of rotatable bonds is 6. The van der Waals surface area contributed by atoms with Crippen LogP contribution in [0.1, 0.15) is 5.56 Å². The standard InChI is InChI=1S/C27H19FN4O/c28-25-11-5-4-10-23(25)24-17-20-7-6-16-29-26(20)31-27(24)32-30-18-19-12-14-22(15-13-19)33-21-8-2-1-3-9-21/h1-18H,(H,29,31,32)/b30-18+. The SMILES string of the molecule is Fc1ccccc1-c1cc2cccnc2nc1N/N=C/c1ccc(Oc2ccccc2)cc1. The maximum absolute atomic E-state index is 14.5. The number of ether oxygens (including phenoxy) is 1. The molecular formula is C27H19FN4O. The Morgan fingerprint density at radius 3 is 2.36 bits per heavy atom. The van der Waals surface area contributed by atoms with Gasteiger partial charge in [0, 0.05) is 22.7 Å². The lowest BCUT2D eigenvalue weighted by molar-refractivity contribution is 0.482. The van der Waals surface area contributed by atoms with Crippen molar-refractivity contribution in [3.05, 3.63) is 115 Å². The number of nitrogens with zero attached hydrogens (tertiary/aromatic N) is 3. The molecule has 5 aromatic rings. The molecule has 3 aromatic carbocycles. The van der Waals surface area contributed by atoms with Gasteiger partial charge in [-0.3, -0.25) is 5.43 Å². The number of anilines is 1. The quantitative estimate of drug-likeness (QED) is 0.239. The summed E-state index contributed by atoms with van der Waals surface area (Å²) in [5.74, 6) is 1.60. The highest BCUT2D eigenvalue weighted by Gasteiger charge is 2.12. The summed E-state index contributed by atoms with van der Waals surface area (Å²) in [4.78, 5) is 8.86. The largest absolute Gasteiger partial charge is 0.457 e. The van der Waals surface area contributed by atoms with Crippen molar-refractivity contribution in [1.29, 1.82) is 0 Å². The summed E-state index contributed by atoms with van der Waals surface area (Å²) in [5.41, 5.74) is 5.43. The van der Waals surface area contributed by atoms with E-state index in [1.165, 1.54) is 6.07 Å². The molecule has 0 bridgehead atoms. The van der Waals surface area contributed by atoms with Crippen molar-refractivity contribution in [1.82, 2.24) is 9.97 Å². The van der Waals surface area contributed by atoms with Crippen LogP contribution in [0.2, 0.25) is 0 Å². The van der Waals surface area contributed by atoms with E-state index in [-0.39, 0.29) is 5.82 Å². The third-order valence-corrected chi connectivity index (χ3v) is 5.00. The molecular weight excluding hydrogens is 415 g/mol. The highest BCUT2D eigenvalue weighted by molar-refractivity contribution is 5.88. The Hall–Kier alpha value is -4.58. The van der Waals surface area contributed by atoms with Crippen molar-refractivity contribution in [2.45, 2.75) is 0 Å². The second-order valence-electron chi connectivity index (χ2n) is 7.27. The van der Waals surface area contributed by atoms with Crippen molar-refractivity contribution in [2.24, 2.45) is 5.10 Å². The Labute approximate surface area is 190 Å². The van der Waals surface area contributed by atoms with Gasteiger partial charge in [-0.25, -0.2) is 14.4 Å². The summed E-state index contributed by atoms with van der Waals surface area (Å²) in [6, 6.07) is 29.3. The number of aromatic nitrogens is 2. The maximum Gasteiger partial charge on any atom is 0.161 e. The van der Waals surface area contributed by atoms with Crippen LogP contribution in [-0.2, 0) is 0 Å². The van der Waals surface area contributed by atoms with E-state index in [1.54, 1.807) is 30.6 Å². The van der Waals surface area contributed by atoms with Gasteiger partial charge in [0.2, 0.25) is 0 Å². The van der Waals surface area contributed by atoms with Gasteiger partial charge in [-0.2, -0.15) is 5.10 Å². The topological polar surface area (TPSA) is 59.4 Å². The average Bonchev–Trinajstić information content (AvgIpc) is 2.86. The molecule has 2 heterocycles. The Balaban J connectivity index is 1.39. The van der Waals surface area contributed by atoms with Crippen molar-refractivity contribution in [3.63, 3.8) is 0 Å². The van der Waals surface area contributed by atoms with Crippen LogP contribution in [0.3, 0.4) is 0 Å². The molecule has 33 heavy (non-hydrogen) atoms. The summed E-state index contributed by atoms with van der Waals surface area (Å²) < 4.78 is 20.3. The molecule has 0 amide bonds. The number of benzene rings is 3. The first-order valence-electron chi connectivity index (χ1n) is 10.4. The van der Waals surface area contributed by atoms with E-state index in [4.69, 9.17) is 4.74 Å². The van der Waals surface area contributed by atoms with Crippen LogP contribution in [0.5, 0.6) is 11.5 Å². The number of fused-ring (bicyclic) bond motifs is 1. The maximum atomic E-state index is 14.5. The monoisotopic (exact) mass is 434 g/mol. The molecule has 0 aliphatic carbocycles. The zero-order valence-electron chi connectivity index (χ0n) is 17.5. The second-order valence-corrected chi connectivity index (χ2v) is 7.27. The molecule has 0 aliphatic rings. The molecule has 0 saturated carbocycles. The van der Waals surface area contributed by atoms with E-state index in [0.717, 1.165) is 22.4 Å². The van der Waals surface area contributed by atoms with E-state index >= 15 is 0 Å². The lowest BCUT2D eigenvalue weighted by Crippen LogP contribution is -1.99. The molecule has 0 fully saturated rings. The lowest BCUT2D eigenvalue weighted by atomic mass is 10.0. The first-order chi connectivity index (χ1) is 16.3. The summed E-state index contributed by atoms with van der Waals surface area (Å²) in [6.45, 7) is 0. The molecule has 160 valence electrons. The zero-order valence-corrected chi connectivity index (χ0v) is 17.5. The van der Waals surface area contributed by atoms with Gasteiger partial charge in [0.1, 0.15) is 17.3 Å². The van der Waals surface area contributed by atoms with Crippen molar-refractivity contribution in [2.75, 3.05) is 5.43 Å². The normalized spacial score (nSPS) is 11.1. The fourth-order valence-corrected chi connectivity index (χ4v) is 3.39. The molecule has 1 N–H and O–H groups in total. The van der Waals surface area contributed by atoms with Gasteiger partial charge in [-0.1, -0.05) is 36.4 Å². The molecule has 5 rings (SSSR count). The molecule has 0 saturated heterocycles. The van der Waals surface area contributed by atoms with Gasteiger partial charge >= 0.3 is 0 Å². The fourth-order valence-electron chi connectivity index (χ4n) is 3.39. The smallest absolute Gasteiger partial charge is 0.161 e. The first-order valence-corrected chi connectivity index (χ1v) is 10.4. The van der Waals surface area contributed by atoms with E-state index < -0.39 is 0 Å². The molecule has 6 heteroatoms. The first kappa shape index (κ1) is 20.3. The van der Waals surface area contributed by atoms with Crippen LogP contribution in [0.25, 0.3) is 22.2 Å². The minimum Gasteiger partial charge on any atom is -0.457 e. The average molecular weight is 434 g/mol. The predicted octanol–water partition coefficient (Wildman–Crippen LogP) is 6.67. The molecule has 5 nitrogen and oxygen atoms in total. The van der Waals surface area contributed by atoms with Gasteiger partial charge in [-0.15, -0.1) is 0 Å². The van der Waals surface area contributed by atoms with Crippen LogP contribution < -0.4 is 10.2 Å². The summed E-state index contributed by atoms with van der Waals surface area (Å²) in [7, 11) is 0. The molecule has 0 spiro atoms. The Kier molecular flexibility index (Phi) is 5.72. The third-order valence-electron chi connectivity index (χ3n) is 5.00. The number of hydrazone groups is 1. The number of halogens is 1. The predicted molar refractivity (Wildman–Crippen MR) is 129 cm³/mol. The van der Waals surface area contributed by atoms with E-state index in [0.29, 0.717) is 22.6 Å². The molecule has 0 unspecified atom stereocenters. The zero-order chi connectivity index (χ0) is 22.5. The van der Waals surface area contributed by atoms with E-state index in [9.17, 15) is 4.39 Å². The van der Waals surface area contributed by atoms with Crippen LogP contribution in [0.15, 0.2) is 108 Å². The van der Waals surface area contributed by atoms with Crippen LogP contribution >= 0.6 is 0 Å². The Morgan fingerprint density at radius 1 is 0.788 bits per heavy atom. The lowest BCUT2D eigenvalue weighted by Gasteiger charge is -2.10. The van der Waals surface area contributed by atoms with Gasteiger partial charge in [0.25, 0.3) is 0 Å². The molecule has 0 radical (unpaired) electrons. The third kappa shape index (κ3) is 4.70. The minimum atomic E-state index is -0.330. The van der Waals surface area contributed by atoms with Crippen molar-refractivity contribution in [3.8, 4) is 22.6 Å². The Bertz CT molecular complexity index is 1420. The number of nitrogens with one attached hydrogen (secondary N) is 1. The number of para-hydroxylation sites is 1. The van der Waals surface area contributed by atoms with Crippen molar-refractivity contribution < 1.29 is 9.13 Å². The number of pyridine rings is 2. The van der Waals surface area contributed by atoms with Crippen LogP contribution in [0.4, 0.5) is 10.2 Å².